The number of amides is 2. The molecule has 1 aromatic rings. The summed E-state index contributed by atoms with van der Waals surface area (Å²) < 4.78 is 38.6. The number of nitrogens with one attached hydrogen (secondary N) is 3. The molecule has 4 rings (SSSR count). The van der Waals surface area contributed by atoms with Crippen LogP contribution in [-0.4, -0.2) is 85.6 Å². The number of alkyl halides is 3. The summed E-state index contributed by atoms with van der Waals surface area (Å²) in [5.74, 6) is -1.02. The van der Waals surface area contributed by atoms with Crippen LogP contribution >= 0.6 is 12.4 Å². The van der Waals surface area contributed by atoms with Crippen LogP contribution in [0.25, 0.3) is 0 Å². The van der Waals surface area contributed by atoms with Gasteiger partial charge in [-0.05, 0) is 69.8 Å². The van der Waals surface area contributed by atoms with E-state index in [9.17, 15) is 22.8 Å². The number of carbonyl (C=O) groups excluding carboxylic acids is 2. The third kappa shape index (κ3) is 7.81. The number of likely N-dealkylation sites (tertiary alicyclic amines) is 1. The summed E-state index contributed by atoms with van der Waals surface area (Å²) in [4.78, 5) is 29.7. The fourth-order valence-corrected chi connectivity index (χ4v) is 5.64. The number of carbonyl (C=O) groups is 2. The maximum absolute atomic E-state index is 12.9. The van der Waals surface area contributed by atoms with Crippen LogP contribution in [0.2, 0.25) is 0 Å². The van der Waals surface area contributed by atoms with E-state index in [0.29, 0.717) is 12.1 Å². The first kappa shape index (κ1) is 28.7. The molecule has 0 aromatic heterocycles. The summed E-state index contributed by atoms with van der Waals surface area (Å²) in [5, 5.41) is 8.87. The van der Waals surface area contributed by atoms with Crippen LogP contribution in [-0.2, 0) is 11.0 Å². The van der Waals surface area contributed by atoms with E-state index in [1.54, 1.807) is 0 Å². The minimum atomic E-state index is -4.52. The number of nitrogens with zero attached hydrogens (tertiary/aromatic N) is 2. The highest BCUT2D eigenvalue weighted by atomic mass is 35.5. The van der Waals surface area contributed by atoms with E-state index in [-0.39, 0.29) is 36.5 Å². The average Bonchev–Trinajstić information content (AvgIpc) is 3.14. The molecule has 0 spiro atoms. The summed E-state index contributed by atoms with van der Waals surface area (Å²) in [5.41, 5.74) is -1.01. The first-order chi connectivity index (χ1) is 16.8. The van der Waals surface area contributed by atoms with Crippen molar-refractivity contribution in [1.29, 1.82) is 0 Å². The van der Waals surface area contributed by atoms with Gasteiger partial charge in [0.2, 0.25) is 5.91 Å². The number of halogens is 4. The average molecular weight is 532 g/mol. The topological polar surface area (TPSA) is 76.7 Å². The lowest BCUT2D eigenvalue weighted by Gasteiger charge is -2.39. The Bertz CT molecular complexity index is 871. The molecule has 2 amide bonds. The van der Waals surface area contributed by atoms with Gasteiger partial charge in [-0.3, -0.25) is 19.4 Å². The molecule has 3 fully saturated rings. The second-order valence-corrected chi connectivity index (χ2v) is 9.91. The van der Waals surface area contributed by atoms with Crippen molar-refractivity contribution in [2.45, 2.75) is 62.8 Å². The summed E-state index contributed by atoms with van der Waals surface area (Å²) >= 11 is 0. The molecule has 11 heteroatoms. The van der Waals surface area contributed by atoms with Gasteiger partial charge in [0, 0.05) is 49.9 Å². The fourth-order valence-electron chi connectivity index (χ4n) is 5.64. The second kappa shape index (κ2) is 13.1. The maximum Gasteiger partial charge on any atom is 0.416 e. The zero-order chi connectivity index (χ0) is 24.8. The van der Waals surface area contributed by atoms with Gasteiger partial charge in [0.15, 0.2) is 0 Å². The Labute approximate surface area is 216 Å². The minimum Gasteiger partial charge on any atom is -0.350 e. The fraction of sp³-hybridized carbons (Fsp3) is 0.680. The molecule has 1 atom stereocenters. The molecule has 202 valence electrons. The van der Waals surface area contributed by atoms with Crippen LogP contribution in [0.1, 0.15) is 54.4 Å². The molecule has 0 radical (unpaired) electrons. The second-order valence-electron chi connectivity index (χ2n) is 9.91. The zero-order valence-corrected chi connectivity index (χ0v) is 21.3. The first-order valence-corrected chi connectivity index (χ1v) is 12.7. The van der Waals surface area contributed by atoms with E-state index < -0.39 is 17.6 Å². The Morgan fingerprint density at radius 3 is 2.42 bits per heavy atom. The summed E-state index contributed by atoms with van der Waals surface area (Å²) in [7, 11) is 0. The van der Waals surface area contributed by atoms with Crippen molar-refractivity contribution in [3.63, 3.8) is 0 Å². The van der Waals surface area contributed by atoms with Crippen molar-refractivity contribution >= 4 is 24.2 Å². The molecular weight excluding hydrogens is 495 g/mol. The van der Waals surface area contributed by atoms with Crippen LogP contribution in [0.3, 0.4) is 0 Å². The Balaban J connectivity index is 0.00000361. The molecule has 2 saturated heterocycles. The van der Waals surface area contributed by atoms with Gasteiger partial charge in [-0.25, -0.2) is 0 Å². The van der Waals surface area contributed by atoms with E-state index in [4.69, 9.17) is 0 Å². The van der Waals surface area contributed by atoms with Gasteiger partial charge in [0.05, 0.1) is 12.1 Å². The Hall–Kier alpha value is -1.88. The summed E-state index contributed by atoms with van der Waals surface area (Å²) in [6.45, 7) is 6.00. The number of hydrogen-bond acceptors (Lipinski definition) is 5. The van der Waals surface area contributed by atoms with E-state index in [2.05, 4.69) is 25.8 Å². The van der Waals surface area contributed by atoms with Gasteiger partial charge >= 0.3 is 6.18 Å². The third-order valence-electron chi connectivity index (χ3n) is 7.52. The predicted molar refractivity (Wildman–Crippen MR) is 134 cm³/mol. The standard InChI is InChI=1S/C25H36F3N5O2.ClH/c26-25(27,28)19-4-1-3-18(15-19)24(35)30-16-23(34)31-20-9-13-33(17-20)22-7-5-21(6-8-22)32-12-2-10-29-11-14-32;/h1,3-4,15,20-22,29H,2,5-14,16-17H2,(H,30,35)(H,31,34);1H/t20-,21?,22?;/m1./s1. The van der Waals surface area contributed by atoms with E-state index in [1.165, 1.54) is 50.8 Å². The van der Waals surface area contributed by atoms with Crippen molar-refractivity contribution in [2.75, 3.05) is 45.8 Å². The molecule has 1 aliphatic carbocycles. The van der Waals surface area contributed by atoms with Crippen LogP contribution in [0, 0.1) is 0 Å². The Morgan fingerprint density at radius 1 is 0.972 bits per heavy atom. The first-order valence-electron chi connectivity index (χ1n) is 12.7. The van der Waals surface area contributed by atoms with Gasteiger partial charge in [-0.1, -0.05) is 6.07 Å². The zero-order valence-electron chi connectivity index (χ0n) is 20.5. The van der Waals surface area contributed by atoms with Crippen molar-refractivity contribution in [3.8, 4) is 0 Å². The van der Waals surface area contributed by atoms with E-state index in [0.717, 1.165) is 51.3 Å². The van der Waals surface area contributed by atoms with Gasteiger partial charge in [0.1, 0.15) is 0 Å². The molecule has 1 aromatic carbocycles. The summed E-state index contributed by atoms with van der Waals surface area (Å²) in [6, 6.07) is 5.46. The van der Waals surface area contributed by atoms with Gasteiger partial charge in [-0.2, -0.15) is 13.2 Å². The lowest BCUT2D eigenvalue weighted by Crippen LogP contribution is -2.46. The molecule has 0 unspecified atom stereocenters. The lowest BCUT2D eigenvalue weighted by atomic mass is 9.89. The summed E-state index contributed by atoms with van der Waals surface area (Å²) in [6.07, 6.45) is 2.37. The SMILES string of the molecule is Cl.O=C(CNC(=O)c1cccc(C(F)(F)F)c1)N[C@@H]1CCN(C2CCC(N3CCCNCC3)CC2)C1. The molecule has 3 N–H and O–H groups in total. The van der Waals surface area contributed by atoms with Crippen LogP contribution in [0.4, 0.5) is 13.2 Å². The molecule has 1 saturated carbocycles. The maximum atomic E-state index is 12.9. The molecule has 2 heterocycles. The molecule has 0 bridgehead atoms. The van der Waals surface area contributed by atoms with Crippen LogP contribution < -0.4 is 16.0 Å². The monoisotopic (exact) mass is 531 g/mol. The Kier molecular flexibility index (Phi) is 10.4. The molecular formula is C25H37ClF3N5O2. The van der Waals surface area contributed by atoms with E-state index in [1.807, 2.05) is 0 Å². The van der Waals surface area contributed by atoms with Crippen LogP contribution in [0.15, 0.2) is 24.3 Å². The van der Waals surface area contributed by atoms with Gasteiger partial charge < -0.3 is 16.0 Å². The van der Waals surface area contributed by atoms with Gasteiger partial charge in [0.25, 0.3) is 5.91 Å². The number of rotatable bonds is 6. The quantitative estimate of drug-likeness (QED) is 0.526. The molecule has 7 nitrogen and oxygen atoms in total. The Morgan fingerprint density at radius 2 is 1.69 bits per heavy atom. The highest BCUT2D eigenvalue weighted by molar-refractivity contribution is 5.96. The number of hydrogen-bond donors (Lipinski definition) is 3. The van der Waals surface area contributed by atoms with Crippen LogP contribution in [0.5, 0.6) is 0 Å². The molecule has 36 heavy (non-hydrogen) atoms. The predicted octanol–water partition coefficient (Wildman–Crippen LogP) is 2.65. The van der Waals surface area contributed by atoms with Gasteiger partial charge in [-0.15, -0.1) is 12.4 Å². The van der Waals surface area contributed by atoms with Crippen molar-refractivity contribution in [1.82, 2.24) is 25.8 Å². The third-order valence-corrected chi connectivity index (χ3v) is 7.52. The molecule has 3 aliphatic rings. The lowest BCUT2D eigenvalue weighted by molar-refractivity contribution is -0.137. The van der Waals surface area contributed by atoms with E-state index >= 15 is 0 Å². The van der Waals surface area contributed by atoms with Crippen molar-refractivity contribution in [3.05, 3.63) is 35.4 Å². The smallest absolute Gasteiger partial charge is 0.350 e. The highest BCUT2D eigenvalue weighted by Gasteiger charge is 2.34. The number of benzene rings is 1. The largest absolute Gasteiger partial charge is 0.416 e. The molecule has 2 aliphatic heterocycles. The van der Waals surface area contributed by atoms with Crippen molar-refractivity contribution < 1.29 is 22.8 Å². The normalized spacial score (nSPS) is 26.0. The van der Waals surface area contributed by atoms with Crippen molar-refractivity contribution in [2.24, 2.45) is 0 Å². The highest BCUT2D eigenvalue weighted by Crippen LogP contribution is 2.30. The minimum absolute atomic E-state index is 0.